The molecule has 15 heavy (non-hydrogen) atoms. The molecule has 1 aromatic rings. The van der Waals surface area contributed by atoms with Gasteiger partial charge < -0.3 is 4.74 Å². The Morgan fingerprint density at radius 2 is 2.20 bits per heavy atom. The van der Waals surface area contributed by atoms with Gasteiger partial charge in [-0.05, 0) is 26.0 Å². The molecule has 0 spiro atoms. The van der Waals surface area contributed by atoms with Gasteiger partial charge in [-0.3, -0.25) is 14.9 Å². The fraction of sp³-hybridized carbons (Fsp3) is 0.300. The Hall–Kier alpha value is -1.91. The lowest BCUT2D eigenvalue weighted by atomic mass is 10.2. The fourth-order valence-electron chi connectivity index (χ4n) is 1.11. The molecule has 0 bridgehead atoms. The predicted molar refractivity (Wildman–Crippen MR) is 54.0 cm³/mol. The van der Waals surface area contributed by atoms with Gasteiger partial charge in [-0.25, -0.2) is 0 Å². The number of aryl methyl sites for hydroxylation is 1. The Bertz CT molecular complexity index is 400. The third-order valence-electron chi connectivity index (χ3n) is 1.81. The smallest absolute Gasteiger partial charge is 0.272 e. The van der Waals surface area contributed by atoms with Crippen molar-refractivity contribution in [1.29, 1.82) is 0 Å². The SMILES string of the molecule is CC(=O)COc1ccc([N+](=O)[O-])c(C)c1. The first-order valence-electron chi connectivity index (χ1n) is 4.38. The summed E-state index contributed by atoms with van der Waals surface area (Å²) in [6.45, 7) is 3.02. The normalized spacial score (nSPS) is 9.73. The van der Waals surface area contributed by atoms with Gasteiger partial charge in [0.05, 0.1) is 4.92 Å². The number of rotatable bonds is 4. The monoisotopic (exact) mass is 209 g/mol. The molecule has 0 radical (unpaired) electrons. The Morgan fingerprint density at radius 1 is 1.53 bits per heavy atom. The number of hydrogen-bond donors (Lipinski definition) is 0. The third-order valence-corrected chi connectivity index (χ3v) is 1.81. The van der Waals surface area contributed by atoms with Crippen molar-refractivity contribution in [3.8, 4) is 5.75 Å². The van der Waals surface area contributed by atoms with Gasteiger partial charge in [0.25, 0.3) is 5.69 Å². The van der Waals surface area contributed by atoms with E-state index >= 15 is 0 Å². The summed E-state index contributed by atoms with van der Waals surface area (Å²) in [6, 6.07) is 4.39. The number of Topliss-reactive ketones (excluding diaryl/α,β-unsaturated/α-hetero) is 1. The van der Waals surface area contributed by atoms with Crippen LogP contribution in [0.1, 0.15) is 12.5 Å². The van der Waals surface area contributed by atoms with Crippen LogP contribution in [0.2, 0.25) is 0 Å². The molecule has 0 saturated heterocycles. The molecular formula is C10H11NO4. The van der Waals surface area contributed by atoms with Crippen LogP contribution in [0.25, 0.3) is 0 Å². The molecule has 0 amide bonds. The maximum absolute atomic E-state index is 10.6. The zero-order chi connectivity index (χ0) is 11.4. The number of hydrogen-bond acceptors (Lipinski definition) is 4. The second-order valence-electron chi connectivity index (χ2n) is 3.20. The number of ether oxygens (including phenoxy) is 1. The molecule has 0 aliphatic rings. The standard InChI is InChI=1S/C10H11NO4/c1-7-5-9(15-6-8(2)12)3-4-10(7)11(13)14/h3-5H,6H2,1-2H3. The zero-order valence-electron chi connectivity index (χ0n) is 8.52. The van der Waals surface area contributed by atoms with Crippen molar-refractivity contribution in [1.82, 2.24) is 0 Å². The minimum Gasteiger partial charge on any atom is -0.486 e. The van der Waals surface area contributed by atoms with Crippen molar-refractivity contribution in [3.05, 3.63) is 33.9 Å². The van der Waals surface area contributed by atoms with Gasteiger partial charge in [0.15, 0.2) is 5.78 Å². The van der Waals surface area contributed by atoms with Gasteiger partial charge in [0.1, 0.15) is 12.4 Å². The maximum atomic E-state index is 10.6. The highest BCUT2D eigenvalue weighted by atomic mass is 16.6. The number of carbonyl (C=O) groups is 1. The van der Waals surface area contributed by atoms with E-state index in [0.717, 1.165) is 0 Å². The molecule has 5 heteroatoms. The molecule has 0 unspecified atom stereocenters. The van der Waals surface area contributed by atoms with Crippen LogP contribution in [0.5, 0.6) is 5.75 Å². The molecule has 0 fully saturated rings. The molecule has 1 rings (SSSR count). The van der Waals surface area contributed by atoms with Crippen LogP contribution in [0.15, 0.2) is 18.2 Å². The molecule has 0 aromatic heterocycles. The number of ketones is 1. The minimum absolute atomic E-state index is 0.0166. The summed E-state index contributed by atoms with van der Waals surface area (Å²) >= 11 is 0. The van der Waals surface area contributed by atoms with Crippen molar-refractivity contribution >= 4 is 11.5 Å². The van der Waals surface area contributed by atoms with Crippen LogP contribution < -0.4 is 4.74 Å². The van der Waals surface area contributed by atoms with E-state index in [2.05, 4.69) is 0 Å². The molecule has 0 saturated carbocycles. The van der Waals surface area contributed by atoms with Crippen LogP contribution in [0, 0.1) is 17.0 Å². The second-order valence-corrected chi connectivity index (χ2v) is 3.20. The molecule has 0 aliphatic carbocycles. The predicted octanol–water partition coefficient (Wildman–Crippen LogP) is 1.87. The first kappa shape index (κ1) is 11.2. The van der Waals surface area contributed by atoms with Crippen molar-refractivity contribution in [2.75, 3.05) is 6.61 Å². The number of nitro groups is 1. The first-order valence-corrected chi connectivity index (χ1v) is 4.38. The van der Waals surface area contributed by atoms with Gasteiger partial charge in [0.2, 0.25) is 0 Å². The van der Waals surface area contributed by atoms with Crippen molar-refractivity contribution in [2.45, 2.75) is 13.8 Å². The van der Waals surface area contributed by atoms with Crippen molar-refractivity contribution < 1.29 is 14.5 Å². The summed E-state index contributed by atoms with van der Waals surface area (Å²) in [4.78, 5) is 20.7. The molecule has 0 aliphatic heterocycles. The molecule has 0 heterocycles. The summed E-state index contributed by atoms with van der Waals surface area (Å²) in [6.07, 6.45) is 0. The summed E-state index contributed by atoms with van der Waals surface area (Å²) in [5.41, 5.74) is 0.561. The van der Waals surface area contributed by atoms with Crippen LogP contribution in [0.4, 0.5) is 5.69 Å². The molecule has 5 nitrogen and oxygen atoms in total. The van der Waals surface area contributed by atoms with Crippen LogP contribution in [-0.4, -0.2) is 17.3 Å². The quantitative estimate of drug-likeness (QED) is 0.560. The van der Waals surface area contributed by atoms with E-state index in [1.54, 1.807) is 13.0 Å². The largest absolute Gasteiger partial charge is 0.486 e. The van der Waals surface area contributed by atoms with Gasteiger partial charge >= 0.3 is 0 Å². The van der Waals surface area contributed by atoms with Gasteiger partial charge in [0, 0.05) is 11.6 Å². The second kappa shape index (κ2) is 4.54. The zero-order valence-corrected chi connectivity index (χ0v) is 8.52. The lowest BCUT2D eigenvalue weighted by molar-refractivity contribution is -0.385. The van der Waals surface area contributed by atoms with E-state index in [1.807, 2.05) is 0 Å². The molecular weight excluding hydrogens is 198 g/mol. The van der Waals surface area contributed by atoms with E-state index in [4.69, 9.17) is 4.74 Å². The highest BCUT2D eigenvalue weighted by molar-refractivity contribution is 5.77. The highest BCUT2D eigenvalue weighted by Gasteiger charge is 2.10. The number of nitro benzene ring substituents is 1. The molecule has 0 N–H and O–H groups in total. The maximum Gasteiger partial charge on any atom is 0.272 e. The van der Waals surface area contributed by atoms with E-state index in [9.17, 15) is 14.9 Å². The summed E-state index contributed by atoms with van der Waals surface area (Å²) in [7, 11) is 0. The number of benzene rings is 1. The number of nitrogens with zero attached hydrogens (tertiary/aromatic N) is 1. The Balaban J connectivity index is 2.82. The van der Waals surface area contributed by atoms with Gasteiger partial charge in [-0.2, -0.15) is 0 Å². The highest BCUT2D eigenvalue weighted by Crippen LogP contribution is 2.22. The summed E-state index contributed by atoms with van der Waals surface area (Å²) < 4.78 is 5.11. The van der Waals surface area contributed by atoms with Crippen molar-refractivity contribution in [2.24, 2.45) is 0 Å². The lowest BCUT2D eigenvalue weighted by Gasteiger charge is -2.04. The Labute approximate surface area is 86.8 Å². The Morgan fingerprint density at radius 3 is 2.67 bits per heavy atom. The fourth-order valence-corrected chi connectivity index (χ4v) is 1.11. The average molecular weight is 209 g/mol. The van der Waals surface area contributed by atoms with E-state index in [-0.39, 0.29) is 18.1 Å². The first-order chi connectivity index (χ1) is 7.00. The van der Waals surface area contributed by atoms with Gasteiger partial charge in [-0.15, -0.1) is 0 Å². The van der Waals surface area contributed by atoms with Crippen LogP contribution in [0.3, 0.4) is 0 Å². The summed E-state index contributed by atoms with van der Waals surface area (Å²) in [5.74, 6) is 0.374. The van der Waals surface area contributed by atoms with Crippen LogP contribution >= 0.6 is 0 Å². The average Bonchev–Trinajstić information content (AvgIpc) is 2.14. The molecule has 0 atom stereocenters. The molecule has 1 aromatic carbocycles. The van der Waals surface area contributed by atoms with Crippen molar-refractivity contribution in [3.63, 3.8) is 0 Å². The summed E-state index contributed by atoms with van der Waals surface area (Å²) in [5, 5.41) is 10.5. The molecule has 80 valence electrons. The lowest BCUT2D eigenvalue weighted by Crippen LogP contribution is -2.06. The van der Waals surface area contributed by atoms with Crippen LogP contribution in [-0.2, 0) is 4.79 Å². The number of carbonyl (C=O) groups excluding carboxylic acids is 1. The topological polar surface area (TPSA) is 69.4 Å². The third kappa shape index (κ3) is 3.05. The van der Waals surface area contributed by atoms with E-state index < -0.39 is 4.92 Å². The van der Waals surface area contributed by atoms with E-state index in [0.29, 0.717) is 11.3 Å². The minimum atomic E-state index is -0.454. The van der Waals surface area contributed by atoms with Gasteiger partial charge in [-0.1, -0.05) is 0 Å². The Kier molecular flexibility index (Phi) is 3.38. The van der Waals surface area contributed by atoms with E-state index in [1.165, 1.54) is 19.1 Å².